The molecule has 0 bridgehead atoms. The second-order valence-electron chi connectivity index (χ2n) is 6.12. The molecule has 0 heterocycles. The number of alkyl halides is 3. The lowest BCUT2D eigenvalue weighted by Gasteiger charge is -2.16. The summed E-state index contributed by atoms with van der Waals surface area (Å²) in [5, 5.41) is 12.4. The standard InChI is InChI=1S/C19H21F3N2O3.ClH/c1-12-2-4-13(5-3-12)17(23)18(26)24-10-15(25)11-27-16-8-6-14(7-9-16)19(20,21)22;/h2-9,15,17,25H,10-11,23H2,1H3,(H,24,26);1H. The van der Waals surface area contributed by atoms with Crippen molar-refractivity contribution in [2.45, 2.75) is 25.2 Å². The van der Waals surface area contributed by atoms with Crippen LogP contribution in [0.2, 0.25) is 0 Å². The second-order valence-corrected chi connectivity index (χ2v) is 6.12. The number of nitrogens with two attached hydrogens (primary N) is 1. The molecule has 0 aliphatic carbocycles. The van der Waals surface area contributed by atoms with Gasteiger partial charge in [-0.15, -0.1) is 12.4 Å². The van der Waals surface area contributed by atoms with E-state index in [0.717, 1.165) is 17.7 Å². The normalized spacial score (nSPS) is 13.2. The number of halogens is 4. The van der Waals surface area contributed by atoms with Gasteiger partial charge in [0.25, 0.3) is 0 Å². The quantitative estimate of drug-likeness (QED) is 0.645. The van der Waals surface area contributed by atoms with Gasteiger partial charge in [-0.2, -0.15) is 13.2 Å². The van der Waals surface area contributed by atoms with Crippen molar-refractivity contribution in [3.05, 3.63) is 65.2 Å². The highest BCUT2D eigenvalue weighted by atomic mass is 35.5. The molecule has 0 saturated carbocycles. The molecule has 28 heavy (non-hydrogen) atoms. The Bertz CT molecular complexity index is 753. The minimum Gasteiger partial charge on any atom is -0.491 e. The predicted octanol–water partition coefficient (Wildman–Crippen LogP) is 2.99. The third-order valence-electron chi connectivity index (χ3n) is 3.85. The third kappa shape index (κ3) is 7.03. The Labute approximate surface area is 167 Å². The van der Waals surface area contributed by atoms with Crippen LogP contribution in [0.4, 0.5) is 13.2 Å². The van der Waals surface area contributed by atoms with Crippen LogP contribution in [0.1, 0.15) is 22.7 Å². The summed E-state index contributed by atoms with van der Waals surface area (Å²) >= 11 is 0. The number of aliphatic hydroxyl groups excluding tert-OH is 1. The average Bonchev–Trinajstić information content (AvgIpc) is 2.64. The van der Waals surface area contributed by atoms with Gasteiger partial charge in [0, 0.05) is 6.54 Å². The zero-order valence-corrected chi connectivity index (χ0v) is 15.9. The zero-order chi connectivity index (χ0) is 20.0. The van der Waals surface area contributed by atoms with Gasteiger partial charge < -0.3 is 20.9 Å². The van der Waals surface area contributed by atoms with Gasteiger partial charge in [-0.25, -0.2) is 0 Å². The summed E-state index contributed by atoms with van der Waals surface area (Å²) in [7, 11) is 0. The lowest BCUT2D eigenvalue weighted by molar-refractivity contribution is -0.137. The van der Waals surface area contributed by atoms with E-state index in [1.165, 1.54) is 12.1 Å². The second kappa shape index (κ2) is 10.3. The number of amides is 1. The van der Waals surface area contributed by atoms with E-state index in [2.05, 4.69) is 5.32 Å². The molecule has 1 amide bonds. The van der Waals surface area contributed by atoms with Crippen LogP contribution in [0.15, 0.2) is 48.5 Å². The highest BCUT2D eigenvalue weighted by Gasteiger charge is 2.30. The summed E-state index contributed by atoms with van der Waals surface area (Å²) in [6.45, 7) is 1.63. The summed E-state index contributed by atoms with van der Waals surface area (Å²) in [5.74, 6) is -0.267. The van der Waals surface area contributed by atoms with Crippen LogP contribution in [0.25, 0.3) is 0 Å². The van der Waals surface area contributed by atoms with Crippen molar-refractivity contribution in [1.82, 2.24) is 5.32 Å². The molecule has 2 aromatic rings. The molecule has 0 aliphatic rings. The third-order valence-corrected chi connectivity index (χ3v) is 3.85. The Hall–Kier alpha value is -2.29. The van der Waals surface area contributed by atoms with Crippen molar-refractivity contribution in [2.75, 3.05) is 13.2 Å². The highest BCUT2D eigenvalue weighted by Crippen LogP contribution is 2.30. The van der Waals surface area contributed by atoms with Gasteiger partial charge >= 0.3 is 6.18 Å². The topological polar surface area (TPSA) is 84.6 Å². The zero-order valence-electron chi connectivity index (χ0n) is 15.1. The molecule has 2 atom stereocenters. The molecule has 5 nitrogen and oxygen atoms in total. The molecule has 0 aliphatic heterocycles. The number of nitrogens with one attached hydrogen (secondary N) is 1. The van der Waals surface area contributed by atoms with Crippen LogP contribution in [-0.2, 0) is 11.0 Å². The smallest absolute Gasteiger partial charge is 0.416 e. The number of carbonyl (C=O) groups excluding carboxylic acids is 1. The number of hydrogen-bond donors (Lipinski definition) is 3. The fraction of sp³-hybridized carbons (Fsp3) is 0.316. The summed E-state index contributed by atoms with van der Waals surface area (Å²) in [4.78, 5) is 12.0. The van der Waals surface area contributed by atoms with E-state index >= 15 is 0 Å². The molecule has 2 aromatic carbocycles. The highest BCUT2D eigenvalue weighted by molar-refractivity contribution is 5.85. The van der Waals surface area contributed by atoms with E-state index in [-0.39, 0.29) is 31.3 Å². The van der Waals surface area contributed by atoms with Crippen LogP contribution in [0.3, 0.4) is 0 Å². The summed E-state index contributed by atoms with van der Waals surface area (Å²) in [6.07, 6.45) is -5.46. The van der Waals surface area contributed by atoms with Crippen molar-refractivity contribution >= 4 is 18.3 Å². The Balaban J connectivity index is 0.00000392. The summed E-state index contributed by atoms with van der Waals surface area (Å²) in [5.41, 5.74) is 6.78. The average molecular weight is 419 g/mol. The first-order valence-electron chi connectivity index (χ1n) is 8.25. The molecule has 0 fully saturated rings. The number of rotatable bonds is 7. The lowest BCUT2D eigenvalue weighted by Crippen LogP contribution is -2.40. The maximum atomic E-state index is 12.5. The van der Waals surface area contributed by atoms with Crippen LogP contribution in [0, 0.1) is 6.92 Å². The van der Waals surface area contributed by atoms with E-state index in [1.54, 1.807) is 12.1 Å². The SMILES string of the molecule is Cc1ccc(C(N)C(=O)NCC(O)COc2ccc(C(F)(F)F)cc2)cc1.Cl. The molecule has 0 aromatic heterocycles. The molecular formula is C19H22ClF3N2O3. The van der Waals surface area contributed by atoms with Crippen LogP contribution in [-0.4, -0.2) is 30.3 Å². The molecule has 154 valence electrons. The molecule has 2 rings (SSSR count). The fourth-order valence-electron chi connectivity index (χ4n) is 2.25. The van der Waals surface area contributed by atoms with Gasteiger partial charge in [-0.3, -0.25) is 4.79 Å². The van der Waals surface area contributed by atoms with Gasteiger partial charge in [0.2, 0.25) is 5.91 Å². The van der Waals surface area contributed by atoms with Crippen molar-refractivity contribution in [2.24, 2.45) is 5.73 Å². The van der Waals surface area contributed by atoms with Crippen LogP contribution in [0.5, 0.6) is 5.75 Å². The Kier molecular flexibility index (Phi) is 8.74. The number of aliphatic hydroxyl groups is 1. The van der Waals surface area contributed by atoms with Gasteiger partial charge in [-0.05, 0) is 36.8 Å². The Morgan fingerprint density at radius 1 is 1.14 bits per heavy atom. The first kappa shape index (κ1) is 23.7. The van der Waals surface area contributed by atoms with Crippen molar-refractivity contribution < 1.29 is 27.8 Å². The van der Waals surface area contributed by atoms with Crippen molar-refractivity contribution in [3.8, 4) is 5.75 Å². The maximum absolute atomic E-state index is 12.5. The Morgan fingerprint density at radius 2 is 1.71 bits per heavy atom. The largest absolute Gasteiger partial charge is 0.491 e. The van der Waals surface area contributed by atoms with E-state index < -0.39 is 29.8 Å². The molecule has 0 saturated heterocycles. The Morgan fingerprint density at radius 3 is 2.25 bits per heavy atom. The lowest BCUT2D eigenvalue weighted by atomic mass is 10.1. The fourth-order valence-corrected chi connectivity index (χ4v) is 2.25. The van der Waals surface area contributed by atoms with Gasteiger partial charge in [0.05, 0.1) is 5.56 Å². The van der Waals surface area contributed by atoms with Gasteiger partial charge in [-0.1, -0.05) is 29.8 Å². The van der Waals surface area contributed by atoms with Crippen molar-refractivity contribution in [1.29, 1.82) is 0 Å². The molecular weight excluding hydrogens is 397 g/mol. The number of carbonyl (C=O) groups is 1. The molecule has 4 N–H and O–H groups in total. The van der Waals surface area contributed by atoms with Crippen LogP contribution >= 0.6 is 12.4 Å². The number of aryl methyl sites for hydroxylation is 1. The van der Waals surface area contributed by atoms with E-state index in [0.29, 0.717) is 5.56 Å². The van der Waals surface area contributed by atoms with Crippen molar-refractivity contribution in [3.63, 3.8) is 0 Å². The summed E-state index contributed by atoms with van der Waals surface area (Å²) < 4.78 is 42.7. The molecule has 2 unspecified atom stereocenters. The predicted molar refractivity (Wildman–Crippen MR) is 101 cm³/mol. The van der Waals surface area contributed by atoms with E-state index in [1.807, 2.05) is 19.1 Å². The number of benzene rings is 2. The molecule has 0 spiro atoms. The van der Waals surface area contributed by atoms with Gasteiger partial charge in [0.15, 0.2) is 0 Å². The number of ether oxygens (including phenoxy) is 1. The monoisotopic (exact) mass is 418 g/mol. The first-order chi connectivity index (χ1) is 12.7. The van der Waals surface area contributed by atoms with E-state index in [9.17, 15) is 23.1 Å². The minimum absolute atomic E-state index is 0. The first-order valence-corrected chi connectivity index (χ1v) is 8.25. The molecule has 9 heteroatoms. The maximum Gasteiger partial charge on any atom is 0.416 e. The van der Waals surface area contributed by atoms with E-state index in [4.69, 9.17) is 10.5 Å². The van der Waals surface area contributed by atoms with Gasteiger partial charge in [0.1, 0.15) is 24.5 Å². The van der Waals surface area contributed by atoms with Crippen LogP contribution < -0.4 is 15.8 Å². The molecule has 0 radical (unpaired) electrons. The minimum atomic E-state index is -4.42. The number of hydrogen-bond acceptors (Lipinski definition) is 4. The summed E-state index contributed by atoms with van der Waals surface area (Å²) in [6, 6.07) is 10.4.